The molecule has 4 nitrogen and oxygen atoms in total. The van der Waals surface area contributed by atoms with Crippen molar-refractivity contribution >= 4 is 17.4 Å². The topological polar surface area (TPSA) is 47.0 Å². The summed E-state index contributed by atoms with van der Waals surface area (Å²) in [5.41, 5.74) is 0. The van der Waals surface area contributed by atoms with Gasteiger partial charge in [0.05, 0.1) is 0 Å². The summed E-state index contributed by atoms with van der Waals surface area (Å²) in [6.45, 7) is 0.389. The average molecular weight is 270 g/mol. The number of nitrogens with zero attached hydrogens (tertiary/aromatic N) is 2. The molecule has 2 rings (SSSR count). The van der Waals surface area contributed by atoms with Gasteiger partial charge < -0.3 is 10.1 Å². The second kappa shape index (κ2) is 6.90. The third-order valence-corrected chi connectivity index (χ3v) is 3.42. The molecule has 1 aromatic rings. The first-order chi connectivity index (χ1) is 8.78. The lowest BCUT2D eigenvalue weighted by molar-refractivity contribution is 0.178. The molecular weight excluding hydrogens is 250 g/mol. The molecule has 1 fully saturated rings. The molecular formula is C13H20ClN3O. The zero-order valence-corrected chi connectivity index (χ0v) is 11.5. The fourth-order valence-corrected chi connectivity index (χ4v) is 2.57. The molecule has 0 aliphatic heterocycles. The highest BCUT2D eigenvalue weighted by molar-refractivity contribution is 6.29. The second-order valence-electron chi connectivity index (χ2n) is 4.76. The molecule has 0 atom stereocenters. The second-order valence-corrected chi connectivity index (χ2v) is 5.15. The Morgan fingerprint density at radius 2 is 2.00 bits per heavy atom. The highest BCUT2D eigenvalue weighted by Crippen LogP contribution is 2.21. The minimum Gasteiger partial charge on any atom is -0.377 e. The fraction of sp³-hybridized carbons (Fsp3) is 0.692. The third-order valence-electron chi connectivity index (χ3n) is 3.22. The normalized spacial score (nSPS) is 17.4. The van der Waals surface area contributed by atoms with Crippen molar-refractivity contribution < 1.29 is 4.74 Å². The van der Waals surface area contributed by atoms with Crippen LogP contribution in [0, 0.1) is 0 Å². The maximum absolute atomic E-state index is 5.99. The lowest BCUT2D eigenvalue weighted by Crippen LogP contribution is -2.19. The minimum atomic E-state index is 0.389. The van der Waals surface area contributed by atoms with E-state index in [4.69, 9.17) is 16.3 Å². The van der Waals surface area contributed by atoms with Gasteiger partial charge in [0.1, 0.15) is 17.6 Å². The van der Waals surface area contributed by atoms with Gasteiger partial charge in [0.15, 0.2) is 5.82 Å². The van der Waals surface area contributed by atoms with Gasteiger partial charge in [-0.25, -0.2) is 9.97 Å². The number of rotatable bonds is 4. The van der Waals surface area contributed by atoms with Crippen LogP contribution in [-0.4, -0.2) is 23.1 Å². The van der Waals surface area contributed by atoms with Crippen LogP contribution in [0.2, 0.25) is 5.15 Å². The molecule has 1 heterocycles. The number of methoxy groups -OCH3 is 1. The van der Waals surface area contributed by atoms with E-state index in [9.17, 15) is 0 Å². The third kappa shape index (κ3) is 4.10. The van der Waals surface area contributed by atoms with Crippen LogP contribution < -0.4 is 5.32 Å². The predicted molar refractivity (Wildman–Crippen MR) is 72.9 cm³/mol. The molecule has 5 heteroatoms. The highest BCUT2D eigenvalue weighted by Gasteiger charge is 2.13. The van der Waals surface area contributed by atoms with Gasteiger partial charge in [-0.05, 0) is 12.8 Å². The van der Waals surface area contributed by atoms with Gasteiger partial charge in [-0.1, -0.05) is 37.3 Å². The molecule has 0 bridgehead atoms. The molecule has 1 aliphatic rings. The van der Waals surface area contributed by atoms with Crippen molar-refractivity contribution in [1.82, 2.24) is 9.97 Å². The number of hydrogen-bond donors (Lipinski definition) is 1. The first kappa shape index (κ1) is 13.6. The van der Waals surface area contributed by atoms with E-state index in [2.05, 4.69) is 15.3 Å². The minimum absolute atomic E-state index is 0.389. The summed E-state index contributed by atoms with van der Waals surface area (Å²) < 4.78 is 5.04. The van der Waals surface area contributed by atoms with Gasteiger partial charge >= 0.3 is 0 Å². The van der Waals surface area contributed by atoms with E-state index in [-0.39, 0.29) is 0 Å². The van der Waals surface area contributed by atoms with Gasteiger partial charge in [-0.15, -0.1) is 0 Å². The van der Waals surface area contributed by atoms with Crippen molar-refractivity contribution in [2.45, 2.75) is 51.2 Å². The molecule has 100 valence electrons. The van der Waals surface area contributed by atoms with Gasteiger partial charge in [0.25, 0.3) is 0 Å². The van der Waals surface area contributed by atoms with Gasteiger partial charge in [0, 0.05) is 19.2 Å². The Morgan fingerprint density at radius 1 is 1.28 bits per heavy atom. The van der Waals surface area contributed by atoms with E-state index in [1.165, 1.54) is 38.5 Å². The molecule has 0 unspecified atom stereocenters. The summed E-state index contributed by atoms with van der Waals surface area (Å²) in [6.07, 6.45) is 7.69. The predicted octanol–water partition coefficient (Wildman–Crippen LogP) is 3.41. The first-order valence-electron chi connectivity index (χ1n) is 6.57. The molecule has 0 radical (unpaired) electrons. The van der Waals surface area contributed by atoms with E-state index >= 15 is 0 Å². The van der Waals surface area contributed by atoms with Gasteiger partial charge in [-0.3, -0.25) is 0 Å². The molecule has 0 spiro atoms. The molecule has 1 aliphatic carbocycles. The Hall–Kier alpha value is -0.870. The maximum atomic E-state index is 5.99. The van der Waals surface area contributed by atoms with Crippen molar-refractivity contribution in [3.8, 4) is 0 Å². The van der Waals surface area contributed by atoms with E-state index in [1.54, 1.807) is 13.2 Å². The van der Waals surface area contributed by atoms with Crippen LogP contribution >= 0.6 is 11.6 Å². The van der Waals surface area contributed by atoms with Crippen LogP contribution in [0.15, 0.2) is 6.07 Å². The van der Waals surface area contributed by atoms with Crippen LogP contribution in [0.4, 0.5) is 5.82 Å². The van der Waals surface area contributed by atoms with Crippen LogP contribution in [0.5, 0.6) is 0 Å². The number of anilines is 1. The average Bonchev–Trinajstić information content (AvgIpc) is 2.57. The Balaban J connectivity index is 2.02. The number of halogens is 1. The largest absolute Gasteiger partial charge is 0.377 e. The van der Waals surface area contributed by atoms with E-state index < -0.39 is 0 Å². The zero-order valence-electron chi connectivity index (χ0n) is 10.8. The summed E-state index contributed by atoms with van der Waals surface area (Å²) >= 11 is 5.99. The monoisotopic (exact) mass is 269 g/mol. The smallest absolute Gasteiger partial charge is 0.158 e. The quantitative estimate of drug-likeness (QED) is 0.672. The Bertz CT molecular complexity index is 378. The summed E-state index contributed by atoms with van der Waals surface area (Å²) in [5, 5.41) is 3.94. The SMILES string of the molecule is COCc1nc(Cl)cc(NC2CCCCCC2)n1. The fourth-order valence-electron chi connectivity index (χ4n) is 2.37. The Kier molecular flexibility index (Phi) is 5.20. The molecule has 1 aromatic heterocycles. The van der Waals surface area contributed by atoms with Crippen molar-refractivity contribution in [1.29, 1.82) is 0 Å². The summed E-state index contributed by atoms with van der Waals surface area (Å²) in [5.74, 6) is 1.44. The molecule has 18 heavy (non-hydrogen) atoms. The van der Waals surface area contributed by atoms with E-state index in [1.807, 2.05) is 0 Å². The zero-order chi connectivity index (χ0) is 12.8. The summed E-state index contributed by atoms with van der Waals surface area (Å²) in [6, 6.07) is 2.29. The van der Waals surface area contributed by atoms with Crippen molar-refractivity contribution in [3.63, 3.8) is 0 Å². The molecule has 0 amide bonds. The number of hydrogen-bond acceptors (Lipinski definition) is 4. The van der Waals surface area contributed by atoms with Crippen LogP contribution in [0.3, 0.4) is 0 Å². The molecule has 0 saturated heterocycles. The van der Waals surface area contributed by atoms with Crippen molar-refractivity contribution in [2.24, 2.45) is 0 Å². The molecule has 1 N–H and O–H groups in total. The van der Waals surface area contributed by atoms with Gasteiger partial charge in [0.2, 0.25) is 0 Å². The van der Waals surface area contributed by atoms with Gasteiger partial charge in [-0.2, -0.15) is 0 Å². The molecule has 0 aromatic carbocycles. The highest BCUT2D eigenvalue weighted by atomic mass is 35.5. The van der Waals surface area contributed by atoms with Crippen LogP contribution in [0.25, 0.3) is 0 Å². The lowest BCUT2D eigenvalue weighted by atomic mass is 10.1. The van der Waals surface area contributed by atoms with E-state index in [0.717, 1.165) is 5.82 Å². The number of nitrogens with one attached hydrogen (secondary N) is 1. The summed E-state index contributed by atoms with van der Waals surface area (Å²) in [4.78, 5) is 8.54. The first-order valence-corrected chi connectivity index (χ1v) is 6.94. The van der Waals surface area contributed by atoms with Crippen LogP contribution in [0.1, 0.15) is 44.3 Å². The van der Waals surface area contributed by atoms with Crippen LogP contribution in [-0.2, 0) is 11.3 Å². The Labute approximate surface area is 113 Å². The lowest BCUT2D eigenvalue weighted by Gasteiger charge is -2.17. The van der Waals surface area contributed by atoms with Crippen molar-refractivity contribution in [3.05, 3.63) is 17.0 Å². The van der Waals surface area contributed by atoms with Crippen molar-refractivity contribution in [2.75, 3.05) is 12.4 Å². The number of aromatic nitrogens is 2. The summed E-state index contributed by atoms with van der Waals surface area (Å²) in [7, 11) is 1.63. The molecule has 1 saturated carbocycles. The maximum Gasteiger partial charge on any atom is 0.158 e. The van der Waals surface area contributed by atoms with E-state index in [0.29, 0.717) is 23.6 Å². The Morgan fingerprint density at radius 3 is 2.67 bits per heavy atom. The number of ether oxygens (including phenoxy) is 1. The standard InChI is InChI=1S/C13H20ClN3O/c1-18-9-13-16-11(14)8-12(17-13)15-10-6-4-2-3-5-7-10/h8,10H,2-7,9H2,1H3,(H,15,16,17).